The number of carbonyl (C=O) groups is 1. The lowest BCUT2D eigenvalue weighted by atomic mass is 10.1. The molecule has 1 amide bonds. The van der Waals surface area contributed by atoms with Gasteiger partial charge < -0.3 is 9.80 Å². The van der Waals surface area contributed by atoms with Crippen molar-refractivity contribution in [1.29, 1.82) is 0 Å². The zero-order valence-electron chi connectivity index (χ0n) is 13.7. The number of benzene rings is 1. The number of rotatable bonds is 3. The molecule has 1 saturated heterocycles. The molecule has 0 unspecified atom stereocenters. The van der Waals surface area contributed by atoms with E-state index in [9.17, 15) is 13.2 Å². The molecule has 0 aliphatic carbocycles. The first-order valence-electron chi connectivity index (χ1n) is 7.90. The lowest BCUT2D eigenvalue weighted by Gasteiger charge is -2.18. The molecule has 6 nitrogen and oxygen atoms in total. The van der Waals surface area contributed by atoms with E-state index in [4.69, 9.17) is 0 Å². The van der Waals surface area contributed by atoms with Crippen LogP contribution in [0.3, 0.4) is 0 Å². The molecule has 1 fully saturated rings. The zero-order chi connectivity index (χ0) is 16.8. The summed E-state index contributed by atoms with van der Waals surface area (Å²) < 4.78 is 28.2. The number of hydrogen-bond donors (Lipinski definition) is 1. The largest absolute Gasteiger partial charge is 0.312 e. The van der Waals surface area contributed by atoms with Crippen LogP contribution in [-0.2, 0) is 21.2 Å². The maximum absolute atomic E-state index is 12.7. The number of anilines is 1. The molecule has 0 saturated carbocycles. The lowest BCUT2D eigenvalue weighted by Crippen LogP contribution is -2.39. The highest BCUT2D eigenvalue weighted by atomic mass is 32.2. The van der Waals surface area contributed by atoms with Crippen molar-refractivity contribution in [3.8, 4) is 0 Å². The van der Waals surface area contributed by atoms with Gasteiger partial charge in [0.1, 0.15) is 0 Å². The molecule has 1 N–H and O–H groups in total. The Hall–Kier alpha value is -1.44. The zero-order valence-corrected chi connectivity index (χ0v) is 14.6. The number of likely N-dealkylation sites (tertiary alicyclic amines) is 1. The van der Waals surface area contributed by atoms with Gasteiger partial charge in [0, 0.05) is 38.3 Å². The molecule has 1 aromatic carbocycles. The minimum Gasteiger partial charge on any atom is -0.312 e. The minimum atomic E-state index is -3.59. The predicted octanol–water partition coefficient (Wildman–Crippen LogP) is 0.824. The van der Waals surface area contributed by atoms with Crippen LogP contribution < -0.4 is 9.62 Å². The summed E-state index contributed by atoms with van der Waals surface area (Å²) in [7, 11) is -1.59. The van der Waals surface area contributed by atoms with Gasteiger partial charge in [0.15, 0.2) is 0 Å². The third-order valence-corrected chi connectivity index (χ3v) is 6.23. The Bertz CT molecular complexity index is 732. The predicted molar refractivity (Wildman–Crippen MR) is 88.9 cm³/mol. The van der Waals surface area contributed by atoms with E-state index < -0.39 is 10.0 Å². The van der Waals surface area contributed by atoms with E-state index in [2.05, 4.69) is 16.5 Å². The quantitative estimate of drug-likeness (QED) is 0.887. The van der Waals surface area contributed by atoms with Crippen molar-refractivity contribution in [2.75, 3.05) is 31.6 Å². The van der Waals surface area contributed by atoms with Crippen LogP contribution in [0.2, 0.25) is 0 Å². The van der Waals surface area contributed by atoms with Crippen molar-refractivity contribution in [3.63, 3.8) is 0 Å². The van der Waals surface area contributed by atoms with Gasteiger partial charge >= 0.3 is 0 Å². The summed E-state index contributed by atoms with van der Waals surface area (Å²) in [5.41, 5.74) is 1.74. The molecule has 2 aliphatic rings. The minimum absolute atomic E-state index is 0.0581. The average Bonchev–Trinajstić information content (AvgIpc) is 3.01. The highest BCUT2D eigenvalue weighted by Gasteiger charge is 2.32. The SMILES string of the molecule is CC(=O)N1CCc2ccc(S(=O)(=O)N[C@H]3CN(C)C[C@@H]3C)cc21. The molecule has 3 rings (SSSR count). The summed E-state index contributed by atoms with van der Waals surface area (Å²) in [4.78, 5) is 15.7. The average molecular weight is 337 g/mol. The van der Waals surface area contributed by atoms with Crippen LogP contribution in [0.4, 0.5) is 5.69 Å². The highest BCUT2D eigenvalue weighted by Crippen LogP contribution is 2.31. The van der Waals surface area contributed by atoms with Gasteiger partial charge in [-0.05, 0) is 37.1 Å². The van der Waals surface area contributed by atoms with Crippen LogP contribution in [0.15, 0.2) is 23.1 Å². The molecular weight excluding hydrogens is 314 g/mol. The molecule has 0 bridgehead atoms. The second kappa shape index (κ2) is 5.89. The topological polar surface area (TPSA) is 69.7 Å². The first kappa shape index (κ1) is 16.4. The third-order valence-electron chi connectivity index (χ3n) is 4.74. The Labute approximate surface area is 137 Å². The molecular formula is C16H23N3O3S. The normalized spacial score (nSPS) is 24.9. The fourth-order valence-electron chi connectivity index (χ4n) is 3.48. The number of nitrogens with one attached hydrogen (secondary N) is 1. The van der Waals surface area contributed by atoms with Crippen LogP contribution in [0.25, 0.3) is 0 Å². The van der Waals surface area contributed by atoms with Crippen LogP contribution in [-0.4, -0.2) is 51.9 Å². The van der Waals surface area contributed by atoms with Gasteiger partial charge in [-0.25, -0.2) is 13.1 Å². The van der Waals surface area contributed by atoms with E-state index in [1.165, 1.54) is 6.92 Å². The van der Waals surface area contributed by atoms with Crippen molar-refractivity contribution in [1.82, 2.24) is 9.62 Å². The summed E-state index contributed by atoms with van der Waals surface area (Å²) in [6, 6.07) is 4.99. The van der Waals surface area contributed by atoms with Gasteiger partial charge in [0.25, 0.3) is 0 Å². The Morgan fingerprint density at radius 1 is 1.30 bits per heavy atom. The molecule has 0 spiro atoms. The molecule has 2 aliphatic heterocycles. The van der Waals surface area contributed by atoms with E-state index in [1.54, 1.807) is 17.0 Å². The summed E-state index contributed by atoms with van der Waals surface area (Å²) >= 11 is 0. The Kier molecular flexibility index (Phi) is 4.20. The van der Waals surface area contributed by atoms with E-state index in [-0.39, 0.29) is 22.8 Å². The molecule has 0 radical (unpaired) electrons. The summed E-state index contributed by atoms with van der Waals surface area (Å²) in [6.45, 7) is 5.77. The standard InChI is InChI=1S/C16H23N3O3S/c1-11-9-18(3)10-15(11)17-23(21,22)14-5-4-13-6-7-19(12(2)20)16(13)8-14/h4-5,8,11,15,17H,6-7,9-10H2,1-3H3/t11-,15-/m0/s1. The van der Waals surface area contributed by atoms with Gasteiger partial charge in [0.2, 0.25) is 15.9 Å². The Morgan fingerprint density at radius 2 is 2.04 bits per heavy atom. The maximum atomic E-state index is 12.7. The van der Waals surface area contributed by atoms with Crippen LogP contribution >= 0.6 is 0 Å². The molecule has 7 heteroatoms. The third kappa shape index (κ3) is 3.13. The maximum Gasteiger partial charge on any atom is 0.240 e. The molecule has 2 atom stereocenters. The van der Waals surface area contributed by atoms with Crippen molar-refractivity contribution >= 4 is 21.6 Å². The number of fused-ring (bicyclic) bond motifs is 1. The number of sulfonamides is 1. The number of nitrogens with zero attached hydrogens (tertiary/aromatic N) is 2. The van der Waals surface area contributed by atoms with Gasteiger partial charge in [-0.2, -0.15) is 0 Å². The van der Waals surface area contributed by atoms with Crippen molar-refractivity contribution in [2.24, 2.45) is 5.92 Å². The lowest BCUT2D eigenvalue weighted by molar-refractivity contribution is -0.116. The van der Waals surface area contributed by atoms with Crippen LogP contribution in [0.5, 0.6) is 0 Å². The van der Waals surface area contributed by atoms with Gasteiger partial charge in [0.05, 0.1) is 4.90 Å². The van der Waals surface area contributed by atoms with Gasteiger partial charge in [-0.15, -0.1) is 0 Å². The molecule has 126 valence electrons. The first-order valence-corrected chi connectivity index (χ1v) is 9.38. The fourth-order valence-corrected chi connectivity index (χ4v) is 4.84. The number of likely N-dealkylation sites (N-methyl/N-ethyl adjacent to an activating group) is 1. The Balaban J connectivity index is 1.87. The molecule has 23 heavy (non-hydrogen) atoms. The van der Waals surface area contributed by atoms with Crippen molar-refractivity contribution in [3.05, 3.63) is 23.8 Å². The van der Waals surface area contributed by atoms with Crippen LogP contribution in [0.1, 0.15) is 19.4 Å². The number of hydrogen-bond acceptors (Lipinski definition) is 4. The Morgan fingerprint density at radius 3 is 2.65 bits per heavy atom. The van der Waals surface area contributed by atoms with E-state index in [1.807, 2.05) is 13.1 Å². The molecule has 2 heterocycles. The highest BCUT2D eigenvalue weighted by molar-refractivity contribution is 7.89. The van der Waals surface area contributed by atoms with Gasteiger partial charge in [-0.3, -0.25) is 4.79 Å². The number of amides is 1. The van der Waals surface area contributed by atoms with E-state index in [0.29, 0.717) is 13.1 Å². The van der Waals surface area contributed by atoms with Crippen LogP contribution in [0, 0.1) is 5.92 Å². The molecule has 1 aromatic rings. The number of carbonyl (C=O) groups excluding carboxylic acids is 1. The smallest absolute Gasteiger partial charge is 0.240 e. The van der Waals surface area contributed by atoms with Crippen molar-refractivity contribution in [2.45, 2.75) is 31.2 Å². The monoisotopic (exact) mass is 337 g/mol. The summed E-state index contributed by atoms with van der Waals surface area (Å²) in [5, 5.41) is 0. The first-order chi connectivity index (χ1) is 10.8. The fraction of sp³-hybridized carbons (Fsp3) is 0.562. The summed E-state index contributed by atoms with van der Waals surface area (Å²) in [6.07, 6.45) is 0.771. The second-order valence-corrected chi connectivity index (χ2v) is 8.35. The van der Waals surface area contributed by atoms with E-state index in [0.717, 1.165) is 24.2 Å². The van der Waals surface area contributed by atoms with E-state index >= 15 is 0 Å². The van der Waals surface area contributed by atoms with Crippen molar-refractivity contribution < 1.29 is 13.2 Å². The second-order valence-electron chi connectivity index (χ2n) is 6.64. The molecule has 0 aromatic heterocycles. The summed E-state index contributed by atoms with van der Waals surface area (Å²) in [5.74, 6) is 0.218. The van der Waals surface area contributed by atoms with Gasteiger partial charge in [-0.1, -0.05) is 13.0 Å².